The summed E-state index contributed by atoms with van der Waals surface area (Å²) in [6.45, 7) is 5.46. The van der Waals surface area contributed by atoms with Gasteiger partial charge in [0.1, 0.15) is 0 Å². The minimum absolute atomic E-state index is 0.113. The van der Waals surface area contributed by atoms with Gasteiger partial charge in [0, 0.05) is 17.1 Å². The second kappa shape index (κ2) is 12.9. The molecule has 3 rings (SSSR count). The number of nitrogens with zero attached hydrogens (tertiary/aromatic N) is 3. The number of hydrazone groups is 1. The Morgan fingerprint density at radius 2 is 1.75 bits per heavy atom. The van der Waals surface area contributed by atoms with Gasteiger partial charge in [0.15, 0.2) is 23.3 Å². The van der Waals surface area contributed by atoms with Gasteiger partial charge in [-0.2, -0.15) is 5.10 Å². The predicted molar refractivity (Wildman–Crippen MR) is 141 cm³/mol. The Kier molecular flexibility index (Phi) is 9.66. The molecule has 9 nitrogen and oxygen atoms in total. The molecule has 0 radical (unpaired) electrons. The Hall–Kier alpha value is -3.63. The summed E-state index contributed by atoms with van der Waals surface area (Å²) < 4.78 is 11.0. The molecule has 3 aromatic rings. The SMILES string of the molecule is COc1cc(/C=N\NC(=O)CSc2nc(C)cc(C)n2)cc(Cl)c1OCC(=O)Nc1ccc(C)cc1. The molecule has 0 aliphatic heterocycles. The largest absolute Gasteiger partial charge is 0.493 e. The van der Waals surface area contributed by atoms with E-state index in [1.54, 1.807) is 12.1 Å². The Labute approximate surface area is 218 Å². The van der Waals surface area contributed by atoms with E-state index in [4.69, 9.17) is 21.1 Å². The Morgan fingerprint density at radius 1 is 1.06 bits per heavy atom. The summed E-state index contributed by atoms with van der Waals surface area (Å²) in [6, 6.07) is 12.5. The monoisotopic (exact) mass is 527 g/mol. The summed E-state index contributed by atoms with van der Waals surface area (Å²) in [5.41, 5.74) is 6.47. The van der Waals surface area contributed by atoms with Crippen molar-refractivity contribution in [2.45, 2.75) is 25.9 Å². The number of ether oxygens (including phenoxy) is 2. The van der Waals surface area contributed by atoms with Gasteiger partial charge < -0.3 is 14.8 Å². The number of carbonyl (C=O) groups excluding carboxylic acids is 2. The third-order valence-corrected chi connectivity index (χ3v) is 5.76. The van der Waals surface area contributed by atoms with Crippen LogP contribution in [0.3, 0.4) is 0 Å². The number of nitrogens with one attached hydrogen (secondary N) is 2. The van der Waals surface area contributed by atoms with Crippen molar-refractivity contribution in [3.8, 4) is 11.5 Å². The van der Waals surface area contributed by atoms with Crippen LogP contribution in [0.5, 0.6) is 11.5 Å². The van der Waals surface area contributed by atoms with Crippen molar-refractivity contribution in [3.05, 3.63) is 70.0 Å². The number of thioether (sulfide) groups is 1. The molecular formula is C25H26ClN5O4S. The lowest BCUT2D eigenvalue weighted by Crippen LogP contribution is -2.20. The summed E-state index contributed by atoms with van der Waals surface area (Å²) in [7, 11) is 1.46. The van der Waals surface area contributed by atoms with Crippen LogP contribution in [-0.2, 0) is 9.59 Å². The lowest BCUT2D eigenvalue weighted by molar-refractivity contribution is -0.119. The van der Waals surface area contributed by atoms with Crippen molar-refractivity contribution in [1.29, 1.82) is 0 Å². The first-order valence-electron chi connectivity index (χ1n) is 10.9. The quantitative estimate of drug-likeness (QED) is 0.174. The second-order valence-corrected chi connectivity index (χ2v) is 9.10. The van der Waals surface area contributed by atoms with Gasteiger partial charge in [-0.05, 0) is 56.7 Å². The number of aromatic nitrogens is 2. The standard InChI is InChI=1S/C25H26ClN5O4S/c1-15-5-7-19(8-6-15)30-22(32)13-35-24-20(26)10-18(11-21(24)34-4)12-27-31-23(33)14-36-25-28-16(2)9-17(3)29-25/h5-12H,13-14H2,1-4H3,(H,30,32)(H,31,33)/b27-12-. The summed E-state index contributed by atoms with van der Waals surface area (Å²) in [5.74, 6) is 0.0121. The van der Waals surface area contributed by atoms with Crippen LogP contribution in [0.15, 0.2) is 52.7 Å². The minimum Gasteiger partial charge on any atom is -0.493 e. The van der Waals surface area contributed by atoms with Crippen LogP contribution in [0.1, 0.15) is 22.5 Å². The Balaban J connectivity index is 1.54. The fraction of sp³-hybridized carbons (Fsp3) is 0.240. The van der Waals surface area contributed by atoms with Crippen LogP contribution in [0, 0.1) is 20.8 Å². The zero-order valence-electron chi connectivity index (χ0n) is 20.3. The molecule has 0 aliphatic carbocycles. The summed E-state index contributed by atoms with van der Waals surface area (Å²) >= 11 is 7.58. The van der Waals surface area contributed by atoms with E-state index in [9.17, 15) is 9.59 Å². The molecule has 36 heavy (non-hydrogen) atoms. The van der Waals surface area contributed by atoms with E-state index in [-0.39, 0.29) is 34.9 Å². The van der Waals surface area contributed by atoms with Crippen molar-refractivity contribution in [1.82, 2.24) is 15.4 Å². The van der Waals surface area contributed by atoms with Gasteiger partial charge in [0.05, 0.1) is 24.1 Å². The molecule has 188 valence electrons. The maximum absolute atomic E-state index is 12.2. The van der Waals surface area contributed by atoms with Crippen LogP contribution in [0.2, 0.25) is 5.02 Å². The third-order valence-electron chi connectivity index (χ3n) is 4.63. The summed E-state index contributed by atoms with van der Waals surface area (Å²) in [5, 5.41) is 7.48. The van der Waals surface area contributed by atoms with Crippen LogP contribution >= 0.6 is 23.4 Å². The molecule has 11 heteroatoms. The first-order valence-corrected chi connectivity index (χ1v) is 12.2. The van der Waals surface area contributed by atoms with Gasteiger partial charge in [0.25, 0.3) is 11.8 Å². The number of amides is 2. The molecule has 2 N–H and O–H groups in total. The van der Waals surface area contributed by atoms with Crippen LogP contribution < -0.4 is 20.2 Å². The molecule has 0 spiro atoms. The van der Waals surface area contributed by atoms with Gasteiger partial charge in [-0.15, -0.1) is 0 Å². The highest BCUT2D eigenvalue weighted by atomic mass is 35.5. The predicted octanol–water partition coefficient (Wildman–Crippen LogP) is 4.32. The average Bonchev–Trinajstić information content (AvgIpc) is 2.82. The van der Waals surface area contributed by atoms with Crippen molar-refractivity contribution in [2.24, 2.45) is 5.10 Å². The molecule has 0 bridgehead atoms. The summed E-state index contributed by atoms with van der Waals surface area (Å²) in [6.07, 6.45) is 1.43. The molecule has 0 saturated heterocycles. The minimum atomic E-state index is -0.339. The van der Waals surface area contributed by atoms with Crippen molar-refractivity contribution >= 4 is 47.1 Å². The molecule has 1 aromatic heterocycles. The van der Waals surface area contributed by atoms with Crippen LogP contribution in [-0.4, -0.2) is 47.5 Å². The molecule has 0 aliphatic rings. The van der Waals surface area contributed by atoms with Crippen LogP contribution in [0.25, 0.3) is 0 Å². The number of hydrogen-bond donors (Lipinski definition) is 2. The molecule has 0 unspecified atom stereocenters. The highest BCUT2D eigenvalue weighted by Crippen LogP contribution is 2.36. The maximum Gasteiger partial charge on any atom is 0.262 e. The first kappa shape index (κ1) is 27.0. The van der Waals surface area contributed by atoms with E-state index in [0.717, 1.165) is 17.0 Å². The van der Waals surface area contributed by atoms with Crippen molar-refractivity contribution < 1.29 is 19.1 Å². The highest BCUT2D eigenvalue weighted by Gasteiger charge is 2.14. The lowest BCUT2D eigenvalue weighted by Gasteiger charge is -2.13. The number of benzene rings is 2. The van der Waals surface area contributed by atoms with Crippen molar-refractivity contribution in [2.75, 3.05) is 24.8 Å². The number of carbonyl (C=O) groups is 2. The zero-order valence-corrected chi connectivity index (χ0v) is 21.9. The van der Waals surface area contributed by atoms with E-state index < -0.39 is 0 Å². The number of hydrogen-bond acceptors (Lipinski definition) is 8. The lowest BCUT2D eigenvalue weighted by atomic mass is 10.2. The number of aryl methyl sites for hydroxylation is 3. The molecule has 1 heterocycles. The van der Waals surface area contributed by atoms with E-state index in [2.05, 4.69) is 25.8 Å². The van der Waals surface area contributed by atoms with E-state index in [1.165, 1.54) is 25.1 Å². The average molecular weight is 528 g/mol. The van der Waals surface area contributed by atoms with Crippen LogP contribution in [0.4, 0.5) is 5.69 Å². The number of methoxy groups -OCH3 is 1. The van der Waals surface area contributed by atoms with Crippen molar-refractivity contribution in [3.63, 3.8) is 0 Å². The van der Waals surface area contributed by atoms with E-state index in [0.29, 0.717) is 22.2 Å². The summed E-state index contributed by atoms with van der Waals surface area (Å²) in [4.78, 5) is 32.9. The van der Waals surface area contributed by atoms with Gasteiger partial charge in [-0.1, -0.05) is 41.1 Å². The third kappa shape index (κ3) is 8.24. The van der Waals surface area contributed by atoms with E-state index >= 15 is 0 Å². The second-order valence-electron chi connectivity index (χ2n) is 7.75. The molecule has 0 fully saturated rings. The van der Waals surface area contributed by atoms with E-state index in [1.807, 2.05) is 51.1 Å². The fourth-order valence-electron chi connectivity index (χ4n) is 3.03. The number of rotatable bonds is 10. The smallest absolute Gasteiger partial charge is 0.262 e. The maximum atomic E-state index is 12.2. The topological polar surface area (TPSA) is 115 Å². The Morgan fingerprint density at radius 3 is 2.42 bits per heavy atom. The zero-order chi connectivity index (χ0) is 26.1. The van der Waals surface area contributed by atoms with Gasteiger partial charge in [0.2, 0.25) is 0 Å². The normalized spacial score (nSPS) is 10.8. The van der Waals surface area contributed by atoms with Gasteiger partial charge in [-0.3, -0.25) is 9.59 Å². The Bertz CT molecular complexity index is 1250. The first-order chi connectivity index (χ1) is 17.2. The fourth-order valence-corrected chi connectivity index (χ4v) is 4.04. The highest BCUT2D eigenvalue weighted by molar-refractivity contribution is 7.99. The molecule has 0 atom stereocenters. The molecule has 2 amide bonds. The van der Waals surface area contributed by atoms with Gasteiger partial charge >= 0.3 is 0 Å². The number of anilines is 1. The molecule has 0 saturated carbocycles. The molecular weight excluding hydrogens is 502 g/mol. The molecule has 2 aromatic carbocycles. The van der Waals surface area contributed by atoms with Gasteiger partial charge in [-0.25, -0.2) is 15.4 Å². The number of halogens is 1.